The van der Waals surface area contributed by atoms with Gasteiger partial charge in [0.05, 0.1) is 36.1 Å². The number of nitrogens with two attached hydrogens (primary N) is 3. The van der Waals surface area contributed by atoms with E-state index in [1.807, 2.05) is 37.3 Å². The van der Waals surface area contributed by atoms with Gasteiger partial charge in [-0.05, 0) is 118 Å². The van der Waals surface area contributed by atoms with E-state index in [9.17, 15) is 14.7 Å². The van der Waals surface area contributed by atoms with Crippen molar-refractivity contribution in [1.29, 1.82) is 5.26 Å². The van der Waals surface area contributed by atoms with Crippen LogP contribution in [0, 0.1) is 17.2 Å². The Kier molecular flexibility index (Phi) is 20.0. The summed E-state index contributed by atoms with van der Waals surface area (Å²) < 4.78 is 18.4. The van der Waals surface area contributed by atoms with E-state index in [1.54, 1.807) is 47.5 Å². The van der Waals surface area contributed by atoms with Gasteiger partial charge in [-0.1, -0.05) is 50.2 Å². The summed E-state index contributed by atoms with van der Waals surface area (Å²) in [6.07, 6.45) is 12.3. The lowest BCUT2D eigenvalue weighted by Gasteiger charge is -2.34. The highest BCUT2D eigenvalue weighted by Crippen LogP contribution is 2.30. The summed E-state index contributed by atoms with van der Waals surface area (Å²) >= 11 is 0. The van der Waals surface area contributed by atoms with E-state index < -0.39 is 0 Å². The maximum absolute atomic E-state index is 12.2. The van der Waals surface area contributed by atoms with Crippen LogP contribution in [0.5, 0.6) is 11.6 Å². The van der Waals surface area contributed by atoms with Crippen LogP contribution in [0.4, 0.5) is 5.82 Å². The molecule has 4 aliphatic heterocycles. The van der Waals surface area contributed by atoms with Crippen molar-refractivity contribution in [3.63, 3.8) is 0 Å². The minimum atomic E-state index is -0.353. The number of nitriles is 1. The number of benzene rings is 2. The number of aromatic nitrogens is 2. The molecule has 0 spiro atoms. The van der Waals surface area contributed by atoms with Crippen LogP contribution in [0.2, 0.25) is 0 Å². The van der Waals surface area contributed by atoms with Crippen molar-refractivity contribution in [1.82, 2.24) is 35.5 Å². The molecular formula is C56H78N12O6. The maximum Gasteiger partial charge on any atom is 0.243 e. The summed E-state index contributed by atoms with van der Waals surface area (Å²) in [4.78, 5) is 36.1. The molecule has 0 radical (unpaired) electrons. The minimum absolute atomic E-state index is 0.0990. The van der Waals surface area contributed by atoms with Gasteiger partial charge in [0.25, 0.3) is 0 Å². The summed E-state index contributed by atoms with van der Waals surface area (Å²) in [6, 6.07) is 22.0. The minimum Gasteiger partial charge on any atom is -0.507 e. The largest absolute Gasteiger partial charge is 0.507 e. The zero-order valence-electron chi connectivity index (χ0n) is 43.7. The number of allylic oxidation sites excluding steroid dienone is 1. The first-order chi connectivity index (χ1) is 35.8. The Morgan fingerprint density at radius 1 is 0.959 bits per heavy atom. The van der Waals surface area contributed by atoms with Crippen molar-refractivity contribution in [3.8, 4) is 17.7 Å². The number of amides is 2. The molecule has 2 aromatic carbocycles. The highest BCUT2D eigenvalue weighted by Gasteiger charge is 2.31. The van der Waals surface area contributed by atoms with Crippen molar-refractivity contribution in [3.05, 3.63) is 119 Å². The number of hydrogen-bond acceptors (Lipinski definition) is 16. The molecule has 18 heteroatoms. The first-order valence-electron chi connectivity index (χ1n) is 26.5. The van der Waals surface area contributed by atoms with Gasteiger partial charge < -0.3 is 66.5 Å². The molecule has 4 saturated heterocycles. The molecule has 4 aromatic rings. The maximum atomic E-state index is 12.2. The Bertz CT molecular complexity index is 2520. The Morgan fingerprint density at radius 2 is 1.70 bits per heavy atom. The number of phenolic OH excluding ortho intramolecular Hbond substituents is 1. The van der Waals surface area contributed by atoms with Gasteiger partial charge in [0.2, 0.25) is 18.2 Å². The highest BCUT2D eigenvalue weighted by molar-refractivity contribution is 5.84. The van der Waals surface area contributed by atoms with Crippen LogP contribution in [0.15, 0.2) is 95.0 Å². The molecule has 6 heterocycles. The fourth-order valence-electron chi connectivity index (χ4n) is 9.99. The number of carbonyl (C=O) groups excluding carboxylic acids is 2. The van der Waals surface area contributed by atoms with E-state index in [0.717, 1.165) is 120 Å². The molecular weight excluding hydrogens is 937 g/mol. The van der Waals surface area contributed by atoms with Gasteiger partial charge in [-0.2, -0.15) is 5.26 Å². The molecule has 4 unspecified atom stereocenters. The van der Waals surface area contributed by atoms with E-state index in [-0.39, 0.29) is 47.8 Å². The van der Waals surface area contributed by atoms with Gasteiger partial charge in [-0.15, -0.1) is 0 Å². The quantitative estimate of drug-likeness (QED) is 0.0435. The van der Waals surface area contributed by atoms with Gasteiger partial charge in [-0.25, -0.2) is 4.98 Å². The summed E-state index contributed by atoms with van der Waals surface area (Å²) in [5.74, 6) is 3.55. The van der Waals surface area contributed by atoms with Gasteiger partial charge in [0.15, 0.2) is 5.82 Å². The number of hydrogen-bond donors (Lipinski definition) is 6. The van der Waals surface area contributed by atoms with E-state index in [2.05, 4.69) is 68.4 Å². The molecule has 0 bridgehead atoms. The SMILES string of the molecule is CC(C)C(C)c1cc(N2CCC(OCCN3CCC(Oc4cc(CN(CC5CCCN5)C(/C=C(\N)c5ccccc5O)=C(N)N)ccn4)CC3)CC2)no1.CC(NC(=O)C1CCCN1C=O)c1ccc(C#N)cc1. The van der Waals surface area contributed by atoms with Crippen LogP contribution in [-0.2, 0) is 20.9 Å². The van der Waals surface area contributed by atoms with E-state index in [0.29, 0.717) is 66.3 Å². The fourth-order valence-corrected chi connectivity index (χ4v) is 9.99. The third-order valence-corrected chi connectivity index (χ3v) is 14.9. The molecule has 4 fully saturated rings. The Labute approximate surface area is 436 Å². The lowest BCUT2D eigenvalue weighted by molar-refractivity contribution is -0.131. The number of piperidine rings is 2. The van der Waals surface area contributed by atoms with Crippen molar-refractivity contribution in [2.45, 2.75) is 122 Å². The third kappa shape index (κ3) is 15.4. The second-order valence-corrected chi connectivity index (χ2v) is 20.4. The number of aromatic hydroxyl groups is 1. The standard InChI is InChI=1S/C41H61N9O4.C15H17N3O2/c1-28(2)29(3)38-25-39(47-54-38)49-19-13-32(14-20-49)52-22-21-48-17-11-33(12-18-48)53-40-23-30(10-16-46-40)26-50(27-31-7-6-15-45-31)36(41(43)44)24-35(42)34-8-4-5-9-37(34)51;1-11(13-6-4-12(9-16)5-7-13)17-15(20)14-3-2-8-18(14)10-19/h4-5,8-10,16,23-25,28-29,31-33,45,51H,6-7,11-15,17-22,26-27,42-44H2,1-3H3;4-7,10-11,14H,2-3,8H2,1H3,(H,17,20)/b35-24-;. The van der Waals surface area contributed by atoms with E-state index in [1.165, 1.54) is 0 Å². The van der Waals surface area contributed by atoms with Crippen molar-refractivity contribution in [2.75, 3.05) is 63.9 Å². The van der Waals surface area contributed by atoms with Gasteiger partial charge >= 0.3 is 0 Å². The molecule has 9 N–H and O–H groups in total. The van der Waals surface area contributed by atoms with Crippen molar-refractivity contribution >= 4 is 23.8 Å². The molecule has 0 saturated carbocycles. The number of para-hydroxylation sites is 1. The molecule has 398 valence electrons. The molecule has 4 atom stereocenters. The number of nitrogens with one attached hydrogen (secondary N) is 2. The van der Waals surface area contributed by atoms with Crippen molar-refractivity contribution < 1.29 is 28.7 Å². The average Bonchev–Trinajstić information content (AvgIpc) is 4.23. The number of rotatable bonds is 20. The lowest BCUT2D eigenvalue weighted by Crippen LogP contribution is -2.43. The normalized spacial score (nSPS) is 19.5. The lowest BCUT2D eigenvalue weighted by atomic mass is 9.95. The second kappa shape index (κ2) is 26.9. The fraction of sp³-hybridized carbons (Fsp3) is 0.518. The first kappa shape index (κ1) is 55.0. The average molecular weight is 1020 g/mol. The molecule has 18 nitrogen and oxygen atoms in total. The number of phenols is 1. The van der Waals surface area contributed by atoms with Crippen LogP contribution < -0.4 is 37.5 Å². The number of carbonyl (C=O) groups is 2. The van der Waals surface area contributed by atoms with E-state index >= 15 is 0 Å². The molecule has 4 aliphatic rings. The Morgan fingerprint density at radius 3 is 2.38 bits per heavy atom. The summed E-state index contributed by atoms with van der Waals surface area (Å²) in [7, 11) is 0. The van der Waals surface area contributed by atoms with Gasteiger partial charge in [0.1, 0.15) is 29.5 Å². The number of likely N-dealkylation sites (tertiary alicyclic amines) is 2. The van der Waals surface area contributed by atoms with Gasteiger partial charge in [0, 0.05) is 93.9 Å². The monoisotopic (exact) mass is 1010 g/mol. The Hall–Kier alpha value is -6.81. The molecule has 0 aliphatic carbocycles. The molecule has 8 rings (SSSR count). The van der Waals surface area contributed by atoms with Gasteiger partial charge in [-0.3, -0.25) is 9.59 Å². The Balaban J connectivity index is 0.000000334. The van der Waals surface area contributed by atoms with Crippen LogP contribution in [-0.4, -0.2) is 126 Å². The number of nitrogens with zero attached hydrogens (tertiary/aromatic N) is 7. The summed E-state index contributed by atoms with van der Waals surface area (Å²) in [6.45, 7) is 16.8. The van der Waals surface area contributed by atoms with Crippen LogP contribution in [0.3, 0.4) is 0 Å². The van der Waals surface area contributed by atoms with Crippen LogP contribution >= 0.6 is 0 Å². The highest BCUT2D eigenvalue weighted by atomic mass is 16.5. The molecule has 2 amide bonds. The predicted molar refractivity (Wildman–Crippen MR) is 286 cm³/mol. The zero-order valence-corrected chi connectivity index (χ0v) is 43.7. The predicted octanol–water partition coefficient (Wildman–Crippen LogP) is 6.06. The zero-order chi connectivity index (χ0) is 52.6. The smallest absolute Gasteiger partial charge is 0.243 e. The van der Waals surface area contributed by atoms with Crippen LogP contribution in [0.25, 0.3) is 5.70 Å². The topological polar surface area (TPSA) is 251 Å². The van der Waals surface area contributed by atoms with Crippen molar-refractivity contribution in [2.24, 2.45) is 23.1 Å². The second-order valence-electron chi connectivity index (χ2n) is 20.4. The number of pyridine rings is 1. The molecule has 2 aromatic heterocycles. The third-order valence-electron chi connectivity index (χ3n) is 14.9. The molecule has 74 heavy (non-hydrogen) atoms. The summed E-state index contributed by atoms with van der Waals surface area (Å²) in [5, 5.41) is 30.0. The number of ether oxygens (including phenoxy) is 2. The first-order valence-corrected chi connectivity index (χ1v) is 26.5. The van der Waals surface area contributed by atoms with Crippen LogP contribution in [0.1, 0.15) is 119 Å². The van der Waals surface area contributed by atoms with E-state index in [4.69, 9.17) is 36.5 Å². The summed E-state index contributed by atoms with van der Waals surface area (Å²) in [5.41, 5.74) is 23.1. The number of anilines is 1.